The van der Waals surface area contributed by atoms with Gasteiger partial charge in [0.1, 0.15) is 0 Å². The number of nitrogens with two attached hydrogens (primary N) is 4. The van der Waals surface area contributed by atoms with E-state index in [0.717, 1.165) is 123 Å². The summed E-state index contributed by atoms with van der Waals surface area (Å²) < 4.78 is 0. The van der Waals surface area contributed by atoms with E-state index in [2.05, 4.69) is 153 Å². The fraction of sp³-hybridized carbons (Fsp3) is 0.667. The third-order valence-corrected chi connectivity index (χ3v) is 24.7. The Bertz CT molecular complexity index is 2680. The van der Waals surface area contributed by atoms with Crippen LogP contribution in [-0.4, -0.2) is 72.0 Å². The Morgan fingerprint density at radius 1 is 0.310 bits per heavy atom. The second-order valence-electron chi connectivity index (χ2n) is 32.5. The molecule has 12 atom stereocenters. The highest BCUT2D eigenvalue weighted by atomic mass is 35.5. The SMILES string of the molecule is CC[C@@H](C)[C@@H](N)C(=O)N[C@@H](CC(C)C)C1(c2ccc(Cl)cc2)CCC1.CC[C@@H](C)[C@@H](N)C(=O)N[C@H](CC(C)C)C1(c2ccc(Cl)cc2)CCC1.CC[C@H](C)[C@H](N)C(=O)N[C@@H](CC(C)C)C1(c2ccc(Cl)cc2)CCC1.CC[C@H](C)[C@H](N)C(=O)N[C@H](CC(C)C)C1(c2ccc(Cl)cc2)CCC1. The number of carbonyl (C=O) groups is 4. The lowest BCUT2D eigenvalue weighted by Crippen LogP contribution is -2.58. The van der Waals surface area contributed by atoms with Crippen molar-refractivity contribution in [3.05, 3.63) is 139 Å². The maximum Gasteiger partial charge on any atom is 0.237 e. The van der Waals surface area contributed by atoms with E-state index < -0.39 is 24.2 Å². The lowest BCUT2D eigenvalue weighted by atomic mass is 9.58. The van der Waals surface area contributed by atoms with Gasteiger partial charge in [-0.1, -0.05) is 257 Å². The van der Waals surface area contributed by atoms with Crippen molar-refractivity contribution in [3.63, 3.8) is 0 Å². The first-order chi connectivity index (χ1) is 47.2. The predicted molar refractivity (Wildman–Crippen MR) is 423 cm³/mol. The Morgan fingerprint density at radius 3 is 0.570 bits per heavy atom. The molecule has 100 heavy (non-hydrogen) atoms. The zero-order chi connectivity index (χ0) is 74.5. The van der Waals surface area contributed by atoms with E-state index in [4.69, 9.17) is 69.3 Å². The molecule has 4 fully saturated rings. The Balaban J connectivity index is 0.000000240. The van der Waals surface area contributed by atoms with Gasteiger partial charge in [0.25, 0.3) is 0 Å². The van der Waals surface area contributed by atoms with Crippen LogP contribution in [0.3, 0.4) is 0 Å². The van der Waals surface area contributed by atoms with Gasteiger partial charge in [0, 0.05) is 65.9 Å². The summed E-state index contributed by atoms with van der Waals surface area (Å²) >= 11 is 24.3. The summed E-state index contributed by atoms with van der Waals surface area (Å²) in [5.74, 6) is 2.73. The molecule has 0 radical (unpaired) electrons. The zero-order valence-corrected chi connectivity index (χ0v) is 67.1. The Hall–Kier alpha value is -4.24. The van der Waals surface area contributed by atoms with Gasteiger partial charge in [-0.15, -0.1) is 0 Å². The second-order valence-corrected chi connectivity index (χ2v) is 34.2. The van der Waals surface area contributed by atoms with Crippen LogP contribution in [0, 0.1) is 47.3 Å². The fourth-order valence-corrected chi connectivity index (χ4v) is 15.9. The van der Waals surface area contributed by atoms with Crippen molar-refractivity contribution in [1.82, 2.24) is 21.3 Å². The number of hydrogen-bond donors (Lipinski definition) is 8. The fourth-order valence-electron chi connectivity index (χ4n) is 15.4. The average molecular weight is 1460 g/mol. The van der Waals surface area contributed by atoms with Crippen LogP contribution in [-0.2, 0) is 40.8 Å². The summed E-state index contributed by atoms with van der Waals surface area (Å²) in [6, 6.07) is 31.3. The largest absolute Gasteiger partial charge is 0.351 e. The maximum absolute atomic E-state index is 12.8. The van der Waals surface area contributed by atoms with Crippen molar-refractivity contribution < 1.29 is 19.2 Å². The third kappa shape index (κ3) is 22.9. The first-order valence-corrected chi connectivity index (χ1v) is 40.0. The van der Waals surface area contributed by atoms with Crippen LogP contribution in [0.15, 0.2) is 97.1 Å². The maximum atomic E-state index is 12.8. The van der Waals surface area contributed by atoms with Crippen molar-refractivity contribution in [2.24, 2.45) is 70.3 Å². The highest BCUT2D eigenvalue weighted by Gasteiger charge is 2.50. The molecule has 0 unspecified atom stereocenters. The minimum Gasteiger partial charge on any atom is -0.351 e. The van der Waals surface area contributed by atoms with Gasteiger partial charge < -0.3 is 44.2 Å². The van der Waals surface area contributed by atoms with E-state index in [1.165, 1.54) is 47.9 Å². The molecule has 12 N–H and O–H groups in total. The summed E-state index contributed by atoms with van der Waals surface area (Å²) in [6.07, 6.45) is 21.1. The Kier molecular flexibility index (Phi) is 34.8. The zero-order valence-electron chi connectivity index (χ0n) is 64.1. The molecule has 8 rings (SSSR count). The van der Waals surface area contributed by atoms with Crippen LogP contribution >= 0.6 is 46.4 Å². The molecule has 0 heterocycles. The summed E-state index contributed by atoms with van der Waals surface area (Å²) in [7, 11) is 0. The van der Waals surface area contributed by atoms with Crippen molar-refractivity contribution in [2.75, 3.05) is 0 Å². The smallest absolute Gasteiger partial charge is 0.237 e. The van der Waals surface area contributed by atoms with Crippen molar-refractivity contribution >= 4 is 70.0 Å². The van der Waals surface area contributed by atoms with Gasteiger partial charge in [-0.3, -0.25) is 19.2 Å². The Morgan fingerprint density at radius 2 is 0.460 bits per heavy atom. The van der Waals surface area contributed by atoms with E-state index >= 15 is 0 Å². The number of nitrogens with one attached hydrogen (secondary N) is 4. The van der Waals surface area contributed by atoms with Gasteiger partial charge in [0.15, 0.2) is 0 Å². The molecule has 4 aliphatic rings. The van der Waals surface area contributed by atoms with Gasteiger partial charge in [0.2, 0.25) is 23.6 Å². The first-order valence-electron chi connectivity index (χ1n) is 38.5. The van der Waals surface area contributed by atoms with E-state index in [9.17, 15) is 19.2 Å². The highest BCUT2D eigenvalue weighted by molar-refractivity contribution is 6.31. The van der Waals surface area contributed by atoms with E-state index in [0.29, 0.717) is 23.7 Å². The number of halogens is 4. The third-order valence-electron chi connectivity index (χ3n) is 23.7. The lowest BCUT2D eigenvalue weighted by Gasteiger charge is -2.49. The van der Waals surface area contributed by atoms with Gasteiger partial charge in [-0.05, 0) is 195 Å². The molecule has 4 saturated carbocycles. The van der Waals surface area contributed by atoms with Crippen molar-refractivity contribution in [1.29, 1.82) is 0 Å². The minimum atomic E-state index is -0.443. The molecule has 560 valence electrons. The van der Waals surface area contributed by atoms with Crippen molar-refractivity contribution in [3.8, 4) is 0 Å². The molecule has 0 aliphatic heterocycles. The molecule has 4 aliphatic carbocycles. The predicted octanol–water partition coefficient (Wildman–Crippen LogP) is 18.7. The lowest BCUT2D eigenvalue weighted by molar-refractivity contribution is -0.126. The van der Waals surface area contributed by atoms with Crippen LogP contribution in [0.25, 0.3) is 0 Å². The average Bonchev–Trinajstić information content (AvgIpc) is 0.780. The molecule has 12 nitrogen and oxygen atoms in total. The molecule has 4 amide bonds. The second kappa shape index (κ2) is 40.3. The highest BCUT2D eigenvalue weighted by Crippen LogP contribution is 2.52. The summed E-state index contributed by atoms with van der Waals surface area (Å²) in [6.45, 7) is 34.1. The number of hydrogen-bond acceptors (Lipinski definition) is 8. The topological polar surface area (TPSA) is 220 Å². The minimum absolute atomic E-state index is 0.0136. The van der Waals surface area contributed by atoms with Crippen LogP contribution in [0.4, 0.5) is 0 Å². The molecule has 0 saturated heterocycles. The van der Waals surface area contributed by atoms with Gasteiger partial charge in [-0.2, -0.15) is 0 Å². The molecule has 4 aromatic rings. The van der Waals surface area contributed by atoms with Crippen LogP contribution < -0.4 is 44.2 Å². The van der Waals surface area contributed by atoms with Crippen LogP contribution in [0.2, 0.25) is 20.1 Å². The van der Waals surface area contributed by atoms with Gasteiger partial charge in [0.05, 0.1) is 24.2 Å². The van der Waals surface area contributed by atoms with E-state index in [1.54, 1.807) is 0 Å². The monoisotopic (exact) mass is 1460 g/mol. The quantitative estimate of drug-likeness (QED) is 0.0234. The number of carbonyl (C=O) groups excluding carboxylic acids is 4. The molecule has 4 aromatic carbocycles. The van der Waals surface area contributed by atoms with Crippen molar-refractivity contribution in [2.45, 2.75) is 309 Å². The molecular formula is C84H132Cl4N8O4. The molecule has 16 heteroatoms. The van der Waals surface area contributed by atoms with Gasteiger partial charge >= 0.3 is 0 Å². The van der Waals surface area contributed by atoms with Crippen LogP contribution in [0.5, 0.6) is 0 Å². The summed E-state index contributed by atoms with van der Waals surface area (Å²) in [5.41, 5.74) is 29.9. The van der Waals surface area contributed by atoms with Crippen LogP contribution in [0.1, 0.15) is 261 Å². The summed E-state index contributed by atoms with van der Waals surface area (Å²) in [4.78, 5) is 51.0. The first kappa shape index (κ1) is 86.4. The van der Waals surface area contributed by atoms with Gasteiger partial charge in [-0.25, -0.2) is 0 Å². The van der Waals surface area contributed by atoms with E-state index in [-0.39, 0.29) is 93.1 Å². The molecular weight excluding hydrogens is 1330 g/mol. The molecule has 0 aromatic heterocycles. The summed E-state index contributed by atoms with van der Waals surface area (Å²) in [5, 5.41) is 16.3. The number of amides is 4. The molecule has 0 bridgehead atoms. The number of rotatable bonds is 32. The van der Waals surface area contributed by atoms with E-state index in [1.807, 2.05) is 76.2 Å². The number of benzene rings is 4. The standard InChI is InChI=1S/4C21H33ClN2O/c4*1-5-15(4)19(23)20(25)24-18(13-14(2)3)21(11-6-12-21)16-7-9-17(22)10-8-16/h4*7-10,14-15,18-19H,5-6,11-13,23H2,1-4H3,(H,24,25)/t2*15-,18+,19-;2*15-,18-,19-/m1010/s1. The normalized spacial score (nSPS) is 19.8. The molecule has 0 spiro atoms. The Labute approximate surface area is 625 Å².